The summed E-state index contributed by atoms with van der Waals surface area (Å²) in [4.78, 5) is 17.7. The number of benzene rings is 1. The van der Waals surface area contributed by atoms with Gasteiger partial charge < -0.3 is 4.90 Å². The van der Waals surface area contributed by atoms with Crippen LogP contribution in [0.25, 0.3) is 0 Å². The Hall–Kier alpha value is -1.35. The van der Waals surface area contributed by atoms with Crippen LogP contribution < -0.4 is 0 Å². The Morgan fingerprint density at radius 3 is 2.82 bits per heavy atom. The monoisotopic (exact) mass is 298 g/mol. The number of aryl methyl sites for hydroxylation is 1. The van der Waals surface area contributed by atoms with Gasteiger partial charge in [-0.25, -0.2) is 0 Å². The molecule has 0 aromatic heterocycles. The van der Waals surface area contributed by atoms with E-state index in [1.165, 1.54) is 38.8 Å². The predicted molar refractivity (Wildman–Crippen MR) is 88.0 cm³/mol. The van der Waals surface area contributed by atoms with Gasteiger partial charge in [0.1, 0.15) is 0 Å². The van der Waals surface area contributed by atoms with Gasteiger partial charge in [0.05, 0.1) is 0 Å². The highest BCUT2D eigenvalue weighted by atomic mass is 16.2. The lowest BCUT2D eigenvalue weighted by Gasteiger charge is -2.35. The normalized spacial score (nSPS) is 28.7. The summed E-state index contributed by atoms with van der Waals surface area (Å²) in [5, 5.41) is 0. The molecule has 3 aliphatic rings. The third-order valence-corrected chi connectivity index (χ3v) is 5.91. The Morgan fingerprint density at radius 2 is 2.05 bits per heavy atom. The van der Waals surface area contributed by atoms with Crippen LogP contribution in [0.5, 0.6) is 0 Å². The van der Waals surface area contributed by atoms with E-state index in [4.69, 9.17) is 0 Å². The molecular weight excluding hydrogens is 272 g/mol. The van der Waals surface area contributed by atoms with Crippen molar-refractivity contribution in [3.05, 3.63) is 35.4 Å². The SMILES string of the molecule is Cc1ccccc1C(=O)N1CC[C@@]2(CCCN2CC2CC2)C1. The third-order valence-electron chi connectivity index (χ3n) is 5.91. The third kappa shape index (κ3) is 2.45. The zero-order valence-corrected chi connectivity index (χ0v) is 13.6. The maximum Gasteiger partial charge on any atom is 0.254 e. The van der Waals surface area contributed by atoms with E-state index in [0.29, 0.717) is 5.54 Å². The smallest absolute Gasteiger partial charge is 0.254 e. The number of amides is 1. The fourth-order valence-corrected chi connectivity index (χ4v) is 4.37. The molecule has 1 atom stereocenters. The van der Waals surface area contributed by atoms with Crippen molar-refractivity contribution < 1.29 is 4.79 Å². The lowest BCUT2D eigenvalue weighted by atomic mass is 9.95. The second-order valence-corrected chi connectivity index (χ2v) is 7.51. The van der Waals surface area contributed by atoms with Gasteiger partial charge in [-0.3, -0.25) is 9.69 Å². The molecule has 118 valence electrons. The van der Waals surface area contributed by atoms with Crippen molar-refractivity contribution >= 4 is 5.91 Å². The predicted octanol–water partition coefficient (Wildman–Crippen LogP) is 3.09. The Kier molecular flexibility index (Phi) is 3.48. The van der Waals surface area contributed by atoms with Gasteiger partial charge in [0.2, 0.25) is 0 Å². The summed E-state index contributed by atoms with van der Waals surface area (Å²) in [7, 11) is 0. The topological polar surface area (TPSA) is 23.6 Å². The lowest BCUT2D eigenvalue weighted by Crippen LogP contribution is -2.47. The van der Waals surface area contributed by atoms with Gasteiger partial charge >= 0.3 is 0 Å². The first-order chi connectivity index (χ1) is 10.7. The minimum atomic E-state index is 0.230. The molecule has 4 rings (SSSR count). The van der Waals surface area contributed by atoms with Crippen molar-refractivity contribution in [3.8, 4) is 0 Å². The average molecular weight is 298 g/mol. The lowest BCUT2D eigenvalue weighted by molar-refractivity contribution is 0.0743. The highest BCUT2D eigenvalue weighted by Crippen LogP contribution is 2.41. The van der Waals surface area contributed by atoms with Crippen molar-refractivity contribution in [2.24, 2.45) is 5.92 Å². The molecule has 2 aliphatic heterocycles. The largest absolute Gasteiger partial charge is 0.337 e. The van der Waals surface area contributed by atoms with Gasteiger partial charge in [0.15, 0.2) is 0 Å². The molecule has 0 radical (unpaired) electrons. The molecule has 1 saturated carbocycles. The fraction of sp³-hybridized carbons (Fsp3) is 0.632. The van der Waals surface area contributed by atoms with E-state index in [1.54, 1.807) is 0 Å². The van der Waals surface area contributed by atoms with E-state index in [9.17, 15) is 4.79 Å². The molecule has 1 spiro atoms. The van der Waals surface area contributed by atoms with E-state index in [2.05, 4.69) is 9.80 Å². The number of hydrogen-bond donors (Lipinski definition) is 0. The van der Waals surface area contributed by atoms with Crippen LogP contribution in [0.15, 0.2) is 24.3 Å². The Bertz CT molecular complexity index is 581. The summed E-state index contributed by atoms with van der Waals surface area (Å²) >= 11 is 0. The molecule has 1 aromatic carbocycles. The number of carbonyl (C=O) groups is 1. The van der Waals surface area contributed by atoms with Crippen LogP contribution >= 0.6 is 0 Å². The van der Waals surface area contributed by atoms with Crippen molar-refractivity contribution in [3.63, 3.8) is 0 Å². The van der Waals surface area contributed by atoms with Crippen molar-refractivity contribution in [1.29, 1.82) is 0 Å². The van der Waals surface area contributed by atoms with E-state index < -0.39 is 0 Å². The van der Waals surface area contributed by atoms with Crippen molar-refractivity contribution in [2.75, 3.05) is 26.2 Å². The fourth-order valence-electron chi connectivity index (χ4n) is 4.37. The van der Waals surface area contributed by atoms with Gasteiger partial charge in [-0.15, -0.1) is 0 Å². The Labute approximate surface area is 133 Å². The molecule has 22 heavy (non-hydrogen) atoms. The molecule has 2 saturated heterocycles. The second kappa shape index (κ2) is 5.38. The van der Waals surface area contributed by atoms with Gasteiger partial charge in [-0.2, -0.15) is 0 Å². The molecule has 3 fully saturated rings. The molecular formula is C19H26N2O. The van der Waals surface area contributed by atoms with Gasteiger partial charge in [-0.1, -0.05) is 18.2 Å². The maximum atomic E-state index is 12.9. The summed E-state index contributed by atoms with van der Waals surface area (Å²) in [6.45, 7) is 6.41. The minimum Gasteiger partial charge on any atom is -0.337 e. The first kappa shape index (κ1) is 14.3. The van der Waals surface area contributed by atoms with Crippen LogP contribution in [-0.4, -0.2) is 47.4 Å². The maximum absolute atomic E-state index is 12.9. The molecule has 0 unspecified atom stereocenters. The molecule has 2 heterocycles. The summed E-state index contributed by atoms with van der Waals surface area (Å²) < 4.78 is 0. The van der Waals surface area contributed by atoms with Crippen LogP contribution in [0.1, 0.15) is 48.0 Å². The van der Waals surface area contributed by atoms with Crippen molar-refractivity contribution in [1.82, 2.24) is 9.80 Å². The molecule has 0 N–H and O–H groups in total. The number of rotatable bonds is 3. The van der Waals surface area contributed by atoms with E-state index in [1.807, 2.05) is 31.2 Å². The summed E-state index contributed by atoms with van der Waals surface area (Å²) in [5.74, 6) is 1.17. The zero-order valence-electron chi connectivity index (χ0n) is 13.6. The first-order valence-electron chi connectivity index (χ1n) is 8.78. The highest BCUT2D eigenvalue weighted by Gasteiger charge is 2.48. The van der Waals surface area contributed by atoms with Crippen LogP contribution in [0, 0.1) is 12.8 Å². The zero-order chi connectivity index (χ0) is 15.2. The van der Waals surface area contributed by atoms with E-state index in [0.717, 1.165) is 36.6 Å². The van der Waals surface area contributed by atoms with Crippen LogP contribution in [0.3, 0.4) is 0 Å². The molecule has 0 bridgehead atoms. The molecule has 3 heteroatoms. The van der Waals surface area contributed by atoms with Gasteiger partial charge in [0.25, 0.3) is 5.91 Å². The van der Waals surface area contributed by atoms with E-state index >= 15 is 0 Å². The van der Waals surface area contributed by atoms with Crippen LogP contribution in [-0.2, 0) is 0 Å². The second-order valence-electron chi connectivity index (χ2n) is 7.51. The Morgan fingerprint density at radius 1 is 1.23 bits per heavy atom. The molecule has 1 amide bonds. The molecule has 1 aromatic rings. The molecule has 3 nitrogen and oxygen atoms in total. The van der Waals surface area contributed by atoms with Gasteiger partial charge in [-0.05, 0) is 63.1 Å². The number of hydrogen-bond acceptors (Lipinski definition) is 2. The van der Waals surface area contributed by atoms with Crippen LogP contribution in [0.4, 0.5) is 0 Å². The summed E-state index contributed by atoms with van der Waals surface area (Å²) in [6.07, 6.45) is 6.57. The molecule has 1 aliphatic carbocycles. The quantitative estimate of drug-likeness (QED) is 0.856. The van der Waals surface area contributed by atoms with Gasteiger partial charge in [0, 0.05) is 30.7 Å². The Balaban J connectivity index is 1.49. The summed E-state index contributed by atoms with van der Waals surface area (Å²) in [6, 6.07) is 7.99. The van der Waals surface area contributed by atoms with E-state index in [-0.39, 0.29) is 5.91 Å². The number of nitrogens with zero attached hydrogens (tertiary/aromatic N) is 2. The minimum absolute atomic E-state index is 0.230. The average Bonchev–Trinajstić information content (AvgIpc) is 3.11. The van der Waals surface area contributed by atoms with Crippen molar-refractivity contribution in [2.45, 2.75) is 44.6 Å². The van der Waals surface area contributed by atoms with Crippen LogP contribution in [0.2, 0.25) is 0 Å². The first-order valence-corrected chi connectivity index (χ1v) is 8.78. The standard InChI is InChI=1S/C19H26N2O/c1-15-5-2-3-6-17(15)18(22)20-12-10-19(14-20)9-4-11-21(19)13-16-7-8-16/h2-3,5-6,16H,4,7-14H2,1H3/t19-/m0/s1. The number of carbonyl (C=O) groups excluding carboxylic acids is 1. The highest BCUT2D eigenvalue weighted by molar-refractivity contribution is 5.95. The summed E-state index contributed by atoms with van der Waals surface area (Å²) in [5.41, 5.74) is 2.27. The number of likely N-dealkylation sites (tertiary alicyclic amines) is 2.